The van der Waals surface area contributed by atoms with Gasteiger partial charge < -0.3 is 5.32 Å². The summed E-state index contributed by atoms with van der Waals surface area (Å²) >= 11 is 0. The Morgan fingerprint density at radius 3 is 2.47 bits per heavy atom. The Labute approximate surface area is 108 Å². The maximum atomic E-state index is 3.56. The lowest BCUT2D eigenvalue weighted by molar-refractivity contribution is 0.194. The highest BCUT2D eigenvalue weighted by molar-refractivity contribution is 4.92. The molecular weight excluding hydrogens is 206 g/mol. The van der Waals surface area contributed by atoms with E-state index in [9.17, 15) is 0 Å². The van der Waals surface area contributed by atoms with E-state index in [4.69, 9.17) is 0 Å². The summed E-state index contributed by atoms with van der Waals surface area (Å²) in [5.74, 6) is 3.26. The fraction of sp³-hybridized carbons (Fsp3) is 1.00. The molecule has 2 fully saturated rings. The van der Waals surface area contributed by atoms with Gasteiger partial charge in [0.2, 0.25) is 0 Å². The minimum atomic E-state index is 0.539. The van der Waals surface area contributed by atoms with E-state index in [1.807, 2.05) is 0 Å². The molecule has 2 aliphatic rings. The predicted molar refractivity (Wildman–Crippen MR) is 75.1 cm³/mol. The van der Waals surface area contributed by atoms with Crippen molar-refractivity contribution < 1.29 is 0 Å². The van der Waals surface area contributed by atoms with Gasteiger partial charge in [-0.2, -0.15) is 0 Å². The molecule has 3 atom stereocenters. The average molecular weight is 237 g/mol. The lowest BCUT2D eigenvalue weighted by Gasteiger charge is -2.32. The van der Waals surface area contributed by atoms with E-state index in [1.165, 1.54) is 32.2 Å². The molecule has 0 aromatic carbocycles. The lowest BCUT2D eigenvalue weighted by Crippen LogP contribution is -2.29. The van der Waals surface area contributed by atoms with Crippen LogP contribution in [0.4, 0.5) is 0 Å². The molecule has 2 bridgehead atoms. The second-order valence-corrected chi connectivity index (χ2v) is 7.66. The summed E-state index contributed by atoms with van der Waals surface area (Å²) in [7, 11) is 0. The molecule has 0 aromatic heterocycles. The van der Waals surface area contributed by atoms with E-state index in [0.29, 0.717) is 11.5 Å². The monoisotopic (exact) mass is 237 g/mol. The molecule has 1 nitrogen and oxygen atoms in total. The van der Waals surface area contributed by atoms with Crippen molar-refractivity contribution in [3.63, 3.8) is 0 Å². The van der Waals surface area contributed by atoms with Gasteiger partial charge in [-0.15, -0.1) is 0 Å². The maximum absolute atomic E-state index is 3.56. The van der Waals surface area contributed by atoms with Crippen LogP contribution in [0.25, 0.3) is 0 Å². The highest BCUT2D eigenvalue weighted by Crippen LogP contribution is 2.52. The Hall–Kier alpha value is -0.0400. The quantitative estimate of drug-likeness (QED) is 0.729. The normalized spacial score (nSPS) is 32.6. The first kappa shape index (κ1) is 13.4. The number of nitrogens with one attached hydrogen (secondary N) is 1. The molecule has 0 radical (unpaired) electrons. The minimum absolute atomic E-state index is 0.539. The predicted octanol–water partition coefficient (Wildman–Crippen LogP) is 4.23. The molecule has 0 aliphatic heterocycles. The van der Waals surface area contributed by atoms with Crippen LogP contribution < -0.4 is 5.32 Å². The lowest BCUT2D eigenvalue weighted by atomic mass is 9.74. The highest BCUT2D eigenvalue weighted by atomic mass is 14.9. The van der Waals surface area contributed by atoms with Crippen molar-refractivity contribution in [2.24, 2.45) is 23.2 Å². The third-order valence-corrected chi connectivity index (χ3v) is 5.05. The van der Waals surface area contributed by atoms with Gasteiger partial charge in [0.05, 0.1) is 0 Å². The zero-order valence-electron chi connectivity index (χ0n) is 12.3. The first-order valence-electron chi connectivity index (χ1n) is 7.70. The Kier molecular flexibility index (Phi) is 4.18. The summed E-state index contributed by atoms with van der Waals surface area (Å²) in [5.41, 5.74) is 0.539. The highest BCUT2D eigenvalue weighted by Gasteiger charge is 2.41. The number of hydrogen-bond acceptors (Lipinski definition) is 1. The van der Waals surface area contributed by atoms with Crippen molar-refractivity contribution >= 4 is 0 Å². The second kappa shape index (κ2) is 5.30. The molecule has 0 spiro atoms. The van der Waals surface area contributed by atoms with Crippen LogP contribution >= 0.6 is 0 Å². The molecule has 2 saturated carbocycles. The van der Waals surface area contributed by atoms with Crippen LogP contribution in [0.5, 0.6) is 0 Å². The fourth-order valence-corrected chi connectivity index (χ4v) is 4.14. The fourth-order valence-electron chi connectivity index (χ4n) is 4.14. The van der Waals surface area contributed by atoms with Crippen molar-refractivity contribution in [3.05, 3.63) is 0 Å². The molecule has 3 unspecified atom stereocenters. The van der Waals surface area contributed by atoms with E-state index in [1.54, 1.807) is 12.8 Å². The van der Waals surface area contributed by atoms with Gasteiger partial charge in [0, 0.05) is 6.04 Å². The topological polar surface area (TPSA) is 12.0 Å². The van der Waals surface area contributed by atoms with E-state index >= 15 is 0 Å². The van der Waals surface area contributed by atoms with Crippen LogP contribution in [0.15, 0.2) is 0 Å². The van der Waals surface area contributed by atoms with Gasteiger partial charge in [-0.3, -0.25) is 0 Å². The van der Waals surface area contributed by atoms with Crippen molar-refractivity contribution in [1.82, 2.24) is 5.32 Å². The van der Waals surface area contributed by atoms with Crippen LogP contribution in [-0.2, 0) is 0 Å². The standard InChI is InChI=1S/C16H31N/c1-12(2)17-8-7-16(3,4)11-15-10-13-5-6-14(15)9-13/h12-15,17H,5-11H2,1-4H3. The van der Waals surface area contributed by atoms with Crippen molar-refractivity contribution in [2.45, 2.75) is 72.3 Å². The second-order valence-electron chi connectivity index (χ2n) is 7.66. The van der Waals surface area contributed by atoms with Gasteiger partial charge >= 0.3 is 0 Å². The molecule has 100 valence electrons. The zero-order valence-corrected chi connectivity index (χ0v) is 12.3. The van der Waals surface area contributed by atoms with Gasteiger partial charge in [0.25, 0.3) is 0 Å². The van der Waals surface area contributed by atoms with Crippen LogP contribution in [0.1, 0.15) is 66.2 Å². The van der Waals surface area contributed by atoms with Crippen molar-refractivity contribution in [1.29, 1.82) is 0 Å². The summed E-state index contributed by atoms with van der Waals surface area (Å²) < 4.78 is 0. The van der Waals surface area contributed by atoms with Crippen LogP contribution in [0.2, 0.25) is 0 Å². The van der Waals surface area contributed by atoms with Gasteiger partial charge in [-0.05, 0) is 61.8 Å². The first-order chi connectivity index (χ1) is 7.96. The van der Waals surface area contributed by atoms with Crippen LogP contribution in [0.3, 0.4) is 0 Å². The number of hydrogen-bond donors (Lipinski definition) is 1. The van der Waals surface area contributed by atoms with Crippen molar-refractivity contribution in [2.75, 3.05) is 6.54 Å². The Morgan fingerprint density at radius 1 is 1.18 bits per heavy atom. The third-order valence-electron chi connectivity index (χ3n) is 5.05. The smallest absolute Gasteiger partial charge is 0.00103 e. The molecule has 0 saturated heterocycles. The number of fused-ring (bicyclic) bond motifs is 2. The molecule has 0 heterocycles. The van der Waals surface area contributed by atoms with Crippen molar-refractivity contribution in [3.8, 4) is 0 Å². The molecule has 17 heavy (non-hydrogen) atoms. The van der Waals surface area contributed by atoms with E-state index in [2.05, 4.69) is 33.0 Å². The Bertz CT molecular complexity index is 244. The average Bonchev–Trinajstić information content (AvgIpc) is 2.76. The first-order valence-corrected chi connectivity index (χ1v) is 7.70. The zero-order chi connectivity index (χ0) is 12.5. The summed E-state index contributed by atoms with van der Waals surface area (Å²) in [6.45, 7) is 10.6. The van der Waals surface area contributed by atoms with Crippen LogP contribution in [-0.4, -0.2) is 12.6 Å². The maximum Gasteiger partial charge on any atom is 0.00103 e. The van der Waals surface area contributed by atoms with E-state index in [0.717, 1.165) is 17.8 Å². The number of rotatable bonds is 6. The van der Waals surface area contributed by atoms with Gasteiger partial charge in [0.15, 0.2) is 0 Å². The summed E-state index contributed by atoms with van der Waals surface area (Å²) in [6.07, 6.45) is 8.98. The Morgan fingerprint density at radius 2 is 1.94 bits per heavy atom. The van der Waals surface area contributed by atoms with Gasteiger partial charge in [-0.25, -0.2) is 0 Å². The van der Waals surface area contributed by atoms with E-state index < -0.39 is 0 Å². The third kappa shape index (κ3) is 3.71. The molecule has 1 N–H and O–H groups in total. The Balaban J connectivity index is 1.73. The largest absolute Gasteiger partial charge is 0.315 e. The van der Waals surface area contributed by atoms with Gasteiger partial charge in [0.1, 0.15) is 0 Å². The van der Waals surface area contributed by atoms with E-state index in [-0.39, 0.29) is 0 Å². The molecule has 2 aliphatic carbocycles. The molecule has 1 heteroatoms. The summed E-state index contributed by atoms with van der Waals surface area (Å²) in [4.78, 5) is 0. The summed E-state index contributed by atoms with van der Waals surface area (Å²) in [6, 6.07) is 0.633. The minimum Gasteiger partial charge on any atom is -0.315 e. The molecule has 0 amide bonds. The summed E-state index contributed by atoms with van der Waals surface area (Å²) in [5, 5.41) is 3.56. The van der Waals surface area contributed by atoms with Crippen LogP contribution in [0, 0.1) is 23.2 Å². The van der Waals surface area contributed by atoms with Gasteiger partial charge in [-0.1, -0.05) is 34.1 Å². The molecule has 2 rings (SSSR count). The molecule has 0 aromatic rings. The SMILES string of the molecule is CC(C)NCCC(C)(C)CC1CC2CCC1C2. The molecular formula is C16H31N.